The Morgan fingerprint density at radius 1 is 0.833 bits per heavy atom. The first-order chi connectivity index (χ1) is 8.70. The standard InChI is InChI=1S/C16H35OSi/c1-5-7-8-9-10-11-12-13-16(6-2)14-15-17-18(3)4/h16H,5-15H2,1-4H3. The van der Waals surface area contributed by atoms with Crippen molar-refractivity contribution in [2.24, 2.45) is 5.92 Å². The van der Waals surface area contributed by atoms with Gasteiger partial charge >= 0.3 is 0 Å². The smallest absolute Gasteiger partial charge is 0.204 e. The number of unbranched alkanes of at least 4 members (excludes halogenated alkanes) is 6. The maximum atomic E-state index is 5.75. The molecule has 0 spiro atoms. The van der Waals surface area contributed by atoms with Crippen molar-refractivity contribution in [3.63, 3.8) is 0 Å². The van der Waals surface area contributed by atoms with E-state index in [1.807, 2.05) is 0 Å². The van der Waals surface area contributed by atoms with Crippen molar-refractivity contribution >= 4 is 9.04 Å². The lowest BCUT2D eigenvalue weighted by Gasteiger charge is -2.15. The SMILES string of the molecule is CCCCCCCCCC(CC)CCO[Si](C)C. The van der Waals surface area contributed by atoms with E-state index in [1.54, 1.807) is 0 Å². The molecule has 18 heavy (non-hydrogen) atoms. The summed E-state index contributed by atoms with van der Waals surface area (Å²) in [6, 6.07) is 0. The Hall–Kier alpha value is 0.177. The van der Waals surface area contributed by atoms with Crippen LogP contribution in [0.4, 0.5) is 0 Å². The summed E-state index contributed by atoms with van der Waals surface area (Å²) < 4.78 is 5.75. The molecule has 1 atom stereocenters. The summed E-state index contributed by atoms with van der Waals surface area (Å²) in [5.74, 6) is 0.905. The topological polar surface area (TPSA) is 9.23 Å². The lowest BCUT2D eigenvalue weighted by Crippen LogP contribution is -2.12. The van der Waals surface area contributed by atoms with Crippen molar-refractivity contribution in [2.75, 3.05) is 6.61 Å². The fourth-order valence-corrected chi connectivity index (χ4v) is 2.90. The summed E-state index contributed by atoms with van der Waals surface area (Å²) in [6.07, 6.45) is 14.0. The van der Waals surface area contributed by atoms with Crippen molar-refractivity contribution in [3.05, 3.63) is 0 Å². The molecule has 2 heteroatoms. The molecular weight excluding hydrogens is 236 g/mol. The minimum atomic E-state index is -0.476. The van der Waals surface area contributed by atoms with E-state index >= 15 is 0 Å². The first-order valence-electron chi connectivity index (χ1n) is 8.13. The first-order valence-corrected chi connectivity index (χ1v) is 10.5. The molecule has 0 aliphatic carbocycles. The molecule has 1 unspecified atom stereocenters. The van der Waals surface area contributed by atoms with Gasteiger partial charge in [0.1, 0.15) is 0 Å². The van der Waals surface area contributed by atoms with Crippen LogP contribution in [0.5, 0.6) is 0 Å². The second-order valence-electron chi connectivity index (χ2n) is 5.73. The van der Waals surface area contributed by atoms with E-state index in [0.717, 1.165) is 12.5 Å². The third kappa shape index (κ3) is 12.6. The third-order valence-corrected chi connectivity index (χ3v) is 4.49. The largest absolute Gasteiger partial charge is 0.417 e. The molecule has 0 fully saturated rings. The summed E-state index contributed by atoms with van der Waals surface area (Å²) in [5.41, 5.74) is 0. The average Bonchev–Trinajstić information content (AvgIpc) is 2.35. The lowest BCUT2D eigenvalue weighted by atomic mass is 9.95. The van der Waals surface area contributed by atoms with E-state index in [0.29, 0.717) is 0 Å². The zero-order valence-corrected chi connectivity index (χ0v) is 14.3. The molecular formula is C16H35OSi. The molecule has 0 N–H and O–H groups in total. The van der Waals surface area contributed by atoms with Crippen molar-refractivity contribution in [1.82, 2.24) is 0 Å². The van der Waals surface area contributed by atoms with Gasteiger partial charge in [0.2, 0.25) is 9.04 Å². The highest BCUT2D eigenvalue weighted by Gasteiger charge is 2.07. The Labute approximate surface area is 117 Å². The molecule has 0 amide bonds. The van der Waals surface area contributed by atoms with E-state index < -0.39 is 9.04 Å². The highest BCUT2D eigenvalue weighted by atomic mass is 28.3. The van der Waals surface area contributed by atoms with Gasteiger partial charge in [-0.25, -0.2) is 0 Å². The Kier molecular flexibility index (Phi) is 13.7. The molecule has 0 aromatic carbocycles. The number of hydrogen-bond acceptors (Lipinski definition) is 1. The van der Waals surface area contributed by atoms with Gasteiger partial charge < -0.3 is 4.43 Å². The van der Waals surface area contributed by atoms with Gasteiger partial charge in [0.15, 0.2) is 0 Å². The number of hydrogen-bond donors (Lipinski definition) is 0. The minimum Gasteiger partial charge on any atom is -0.417 e. The monoisotopic (exact) mass is 271 g/mol. The Balaban J connectivity index is 3.33. The third-order valence-electron chi connectivity index (χ3n) is 3.71. The van der Waals surface area contributed by atoms with Gasteiger partial charge in [-0.05, 0) is 25.4 Å². The van der Waals surface area contributed by atoms with Gasteiger partial charge in [-0.2, -0.15) is 0 Å². The van der Waals surface area contributed by atoms with Crippen LogP contribution in [-0.4, -0.2) is 15.6 Å². The molecule has 0 aromatic heterocycles. The molecule has 0 saturated heterocycles. The Bertz CT molecular complexity index is 159. The van der Waals surface area contributed by atoms with Gasteiger partial charge in [0.05, 0.1) is 0 Å². The molecule has 0 aromatic rings. The Morgan fingerprint density at radius 3 is 2.00 bits per heavy atom. The van der Waals surface area contributed by atoms with Crippen LogP contribution in [0.2, 0.25) is 13.1 Å². The second-order valence-corrected chi connectivity index (χ2v) is 7.83. The normalized spacial score (nSPS) is 13.2. The fraction of sp³-hybridized carbons (Fsp3) is 1.00. The highest BCUT2D eigenvalue weighted by Crippen LogP contribution is 2.18. The molecule has 109 valence electrons. The van der Waals surface area contributed by atoms with Gasteiger partial charge in [-0.3, -0.25) is 0 Å². The van der Waals surface area contributed by atoms with Crippen molar-refractivity contribution in [2.45, 2.75) is 91.1 Å². The van der Waals surface area contributed by atoms with Crippen LogP contribution in [-0.2, 0) is 4.43 Å². The highest BCUT2D eigenvalue weighted by molar-refractivity contribution is 6.48. The molecule has 0 aliphatic heterocycles. The molecule has 0 bridgehead atoms. The molecule has 1 nitrogen and oxygen atoms in total. The van der Waals surface area contributed by atoms with Crippen LogP contribution < -0.4 is 0 Å². The van der Waals surface area contributed by atoms with Crippen LogP contribution in [0.25, 0.3) is 0 Å². The van der Waals surface area contributed by atoms with Crippen LogP contribution in [0.15, 0.2) is 0 Å². The van der Waals surface area contributed by atoms with Crippen LogP contribution >= 0.6 is 0 Å². The average molecular weight is 272 g/mol. The summed E-state index contributed by atoms with van der Waals surface area (Å²) >= 11 is 0. The van der Waals surface area contributed by atoms with Crippen LogP contribution in [0.3, 0.4) is 0 Å². The molecule has 1 radical (unpaired) electrons. The van der Waals surface area contributed by atoms with E-state index in [-0.39, 0.29) is 0 Å². The van der Waals surface area contributed by atoms with Gasteiger partial charge in [0.25, 0.3) is 0 Å². The summed E-state index contributed by atoms with van der Waals surface area (Å²) in [7, 11) is -0.476. The summed E-state index contributed by atoms with van der Waals surface area (Å²) in [4.78, 5) is 0. The van der Waals surface area contributed by atoms with Gasteiger partial charge in [-0.15, -0.1) is 0 Å². The Morgan fingerprint density at radius 2 is 1.44 bits per heavy atom. The second kappa shape index (κ2) is 13.6. The lowest BCUT2D eigenvalue weighted by molar-refractivity contribution is 0.270. The maximum absolute atomic E-state index is 5.75. The zero-order valence-electron chi connectivity index (χ0n) is 13.3. The zero-order chi connectivity index (χ0) is 13.6. The summed E-state index contributed by atoms with van der Waals surface area (Å²) in [5, 5.41) is 0. The quantitative estimate of drug-likeness (QED) is 0.303. The first kappa shape index (κ1) is 18.2. The van der Waals surface area contributed by atoms with Crippen molar-refractivity contribution in [3.8, 4) is 0 Å². The predicted octanol–water partition coefficient (Wildman–Crippen LogP) is 5.81. The fourth-order valence-electron chi connectivity index (χ4n) is 2.37. The van der Waals surface area contributed by atoms with Gasteiger partial charge in [-0.1, -0.05) is 71.6 Å². The van der Waals surface area contributed by atoms with Crippen LogP contribution in [0, 0.1) is 5.92 Å². The van der Waals surface area contributed by atoms with Crippen molar-refractivity contribution < 1.29 is 4.43 Å². The molecule has 0 aliphatic rings. The maximum Gasteiger partial charge on any atom is 0.204 e. The van der Waals surface area contributed by atoms with E-state index in [2.05, 4.69) is 26.9 Å². The van der Waals surface area contributed by atoms with E-state index in [1.165, 1.54) is 64.2 Å². The summed E-state index contributed by atoms with van der Waals surface area (Å²) in [6.45, 7) is 10.1. The van der Waals surface area contributed by atoms with Crippen molar-refractivity contribution in [1.29, 1.82) is 0 Å². The minimum absolute atomic E-state index is 0.476. The molecule has 0 heterocycles. The van der Waals surface area contributed by atoms with E-state index in [9.17, 15) is 0 Å². The van der Waals surface area contributed by atoms with Crippen LogP contribution in [0.1, 0.15) is 78.1 Å². The van der Waals surface area contributed by atoms with Gasteiger partial charge in [0, 0.05) is 6.61 Å². The predicted molar refractivity (Wildman–Crippen MR) is 84.4 cm³/mol. The molecule has 0 rings (SSSR count). The number of rotatable bonds is 13. The van der Waals surface area contributed by atoms with E-state index in [4.69, 9.17) is 4.43 Å². The molecule has 0 saturated carbocycles.